The van der Waals surface area contributed by atoms with Crippen molar-refractivity contribution in [1.82, 2.24) is 15.0 Å². The highest BCUT2D eigenvalue weighted by atomic mass is 35.5. The van der Waals surface area contributed by atoms with Gasteiger partial charge in [-0.3, -0.25) is 4.79 Å². The zero-order chi connectivity index (χ0) is 21.4. The Kier molecular flexibility index (Phi) is 5.32. The Morgan fingerprint density at radius 3 is 2.40 bits per heavy atom. The van der Waals surface area contributed by atoms with Crippen LogP contribution in [-0.4, -0.2) is 28.0 Å². The molecule has 0 aliphatic rings. The second kappa shape index (κ2) is 7.93. The van der Waals surface area contributed by atoms with Gasteiger partial charge >= 0.3 is 0 Å². The SMILES string of the molecule is COc1c(Cl)cc(Cl)cc1C(=O)Nc1cc2nn(-c3ccc(F)cc3)nc2cc1C. The summed E-state index contributed by atoms with van der Waals surface area (Å²) in [5.74, 6) is -0.531. The second-order valence-corrected chi connectivity index (χ2v) is 7.39. The molecule has 3 aromatic carbocycles. The van der Waals surface area contributed by atoms with E-state index in [1.54, 1.807) is 24.3 Å². The lowest BCUT2D eigenvalue weighted by Crippen LogP contribution is -2.14. The van der Waals surface area contributed by atoms with Crippen LogP contribution >= 0.6 is 23.2 Å². The van der Waals surface area contributed by atoms with E-state index in [1.807, 2.05) is 6.92 Å². The second-order valence-electron chi connectivity index (χ2n) is 6.54. The molecule has 0 unspecified atom stereocenters. The number of benzene rings is 3. The molecule has 4 aromatic rings. The van der Waals surface area contributed by atoms with E-state index in [4.69, 9.17) is 27.9 Å². The third kappa shape index (κ3) is 3.81. The number of aryl methyl sites for hydroxylation is 1. The molecule has 152 valence electrons. The minimum Gasteiger partial charge on any atom is -0.494 e. The molecular weight excluding hydrogens is 430 g/mol. The predicted octanol–water partition coefficient (Wildman–Crippen LogP) is 5.44. The van der Waals surface area contributed by atoms with Crippen molar-refractivity contribution >= 4 is 45.8 Å². The number of anilines is 1. The molecular formula is C21H15Cl2FN4O2. The van der Waals surface area contributed by atoms with Crippen molar-refractivity contribution < 1.29 is 13.9 Å². The van der Waals surface area contributed by atoms with Gasteiger partial charge in [0, 0.05) is 10.7 Å². The monoisotopic (exact) mass is 444 g/mol. The molecule has 0 aliphatic heterocycles. The van der Waals surface area contributed by atoms with Crippen molar-refractivity contribution in [2.75, 3.05) is 12.4 Å². The normalized spacial score (nSPS) is 11.0. The van der Waals surface area contributed by atoms with Crippen molar-refractivity contribution in [2.24, 2.45) is 0 Å². The molecule has 1 heterocycles. The van der Waals surface area contributed by atoms with Gasteiger partial charge in [0.2, 0.25) is 0 Å². The largest absolute Gasteiger partial charge is 0.494 e. The smallest absolute Gasteiger partial charge is 0.259 e. The summed E-state index contributed by atoms with van der Waals surface area (Å²) in [5.41, 5.74) is 3.37. The van der Waals surface area contributed by atoms with Crippen LogP contribution in [0.25, 0.3) is 16.7 Å². The molecule has 0 fully saturated rings. The van der Waals surface area contributed by atoms with Gasteiger partial charge in [0.05, 0.1) is 23.4 Å². The Morgan fingerprint density at radius 1 is 1.07 bits per heavy atom. The van der Waals surface area contributed by atoms with E-state index >= 15 is 0 Å². The first-order valence-corrected chi connectivity index (χ1v) is 9.59. The van der Waals surface area contributed by atoms with Crippen LogP contribution in [0.4, 0.5) is 10.1 Å². The Hall–Kier alpha value is -3.16. The number of aromatic nitrogens is 3. The number of halogens is 3. The highest BCUT2D eigenvalue weighted by Crippen LogP contribution is 2.33. The average molecular weight is 445 g/mol. The van der Waals surface area contributed by atoms with Crippen LogP contribution in [0, 0.1) is 12.7 Å². The van der Waals surface area contributed by atoms with Gasteiger partial charge in [0.15, 0.2) is 0 Å². The molecule has 0 atom stereocenters. The van der Waals surface area contributed by atoms with Crippen molar-refractivity contribution in [2.45, 2.75) is 6.92 Å². The third-order valence-electron chi connectivity index (χ3n) is 4.49. The number of hydrogen-bond acceptors (Lipinski definition) is 4. The van der Waals surface area contributed by atoms with Crippen LogP contribution in [0.1, 0.15) is 15.9 Å². The zero-order valence-electron chi connectivity index (χ0n) is 15.9. The van der Waals surface area contributed by atoms with Gasteiger partial charge in [-0.15, -0.1) is 10.2 Å². The maximum Gasteiger partial charge on any atom is 0.259 e. The lowest BCUT2D eigenvalue weighted by atomic mass is 10.1. The Balaban J connectivity index is 1.69. The number of nitrogens with zero attached hydrogens (tertiary/aromatic N) is 3. The predicted molar refractivity (Wildman–Crippen MR) is 115 cm³/mol. The minimum absolute atomic E-state index is 0.212. The molecule has 0 bridgehead atoms. The summed E-state index contributed by atoms with van der Waals surface area (Å²) in [5, 5.41) is 12.2. The van der Waals surface area contributed by atoms with Crippen LogP contribution < -0.4 is 10.1 Å². The van der Waals surface area contributed by atoms with Crippen LogP contribution in [-0.2, 0) is 0 Å². The Bertz CT molecular complexity index is 1270. The van der Waals surface area contributed by atoms with Gasteiger partial charge in [-0.1, -0.05) is 23.2 Å². The first-order valence-electron chi connectivity index (χ1n) is 8.84. The molecule has 1 aromatic heterocycles. The van der Waals surface area contributed by atoms with Crippen LogP contribution in [0.3, 0.4) is 0 Å². The van der Waals surface area contributed by atoms with Crippen molar-refractivity contribution in [3.8, 4) is 11.4 Å². The van der Waals surface area contributed by atoms with Crippen molar-refractivity contribution in [1.29, 1.82) is 0 Å². The maximum atomic E-state index is 13.2. The summed E-state index contributed by atoms with van der Waals surface area (Å²) in [4.78, 5) is 14.3. The molecule has 9 heteroatoms. The van der Waals surface area contributed by atoms with Gasteiger partial charge in [-0.25, -0.2) is 4.39 Å². The fraction of sp³-hybridized carbons (Fsp3) is 0.0952. The van der Waals surface area contributed by atoms with Crippen LogP contribution in [0.15, 0.2) is 48.5 Å². The van der Waals surface area contributed by atoms with Crippen molar-refractivity contribution in [3.05, 3.63) is 75.5 Å². The van der Waals surface area contributed by atoms with E-state index in [0.29, 0.717) is 27.4 Å². The molecule has 1 amide bonds. The maximum absolute atomic E-state index is 13.2. The number of rotatable bonds is 4. The average Bonchev–Trinajstić information content (AvgIpc) is 3.10. The van der Waals surface area contributed by atoms with E-state index in [2.05, 4.69) is 15.5 Å². The molecule has 6 nitrogen and oxygen atoms in total. The van der Waals surface area contributed by atoms with Gasteiger partial charge in [-0.2, -0.15) is 4.80 Å². The summed E-state index contributed by atoms with van der Waals surface area (Å²) in [6, 6.07) is 12.4. The molecule has 0 spiro atoms. The Labute approximate surface area is 181 Å². The quantitative estimate of drug-likeness (QED) is 0.455. The van der Waals surface area contributed by atoms with E-state index in [-0.39, 0.29) is 22.2 Å². The number of amides is 1. The van der Waals surface area contributed by atoms with E-state index < -0.39 is 5.91 Å². The molecule has 0 saturated heterocycles. The van der Waals surface area contributed by atoms with Gasteiger partial charge < -0.3 is 10.1 Å². The molecule has 1 N–H and O–H groups in total. The first kappa shape index (κ1) is 20.1. The van der Waals surface area contributed by atoms with E-state index in [9.17, 15) is 9.18 Å². The number of fused-ring (bicyclic) bond motifs is 1. The van der Waals surface area contributed by atoms with Gasteiger partial charge in [0.1, 0.15) is 22.6 Å². The number of methoxy groups -OCH3 is 1. The summed E-state index contributed by atoms with van der Waals surface area (Å²) in [6.07, 6.45) is 0. The molecule has 0 aliphatic carbocycles. The molecule has 30 heavy (non-hydrogen) atoms. The highest BCUT2D eigenvalue weighted by molar-refractivity contribution is 6.36. The number of ether oxygens (including phenoxy) is 1. The van der Waals surface area contributed by atoms with E-state index in [0.717, 1.165) is 5.56 Å². The summed E-state index contributed by atoms with van der Waals surface area (Å²) in [7, 11) is 1.43. The lowest BCUT2D eigenvalue weighted by molar-refractivity contribution is 0.102. The third-order valence-corrected chi connectivity index (χ3v) is 4.99. The minimum atomic E-state index is -0.426. The van der Waals surface area contributed by atoms with Gasteiger partial charge in [0.25, 0.3) is 5.91 Å². The summed E-state index contributed by atoms with van der Waals surface area (Å²) < 4.78 is 18.4. The number of carbonyl (C=O) groups is 1. The molecule has 0 radical (unpaired) electrons. The number of nitrogens with one attached hydrogen (secondary N) is 1. The highest BCUT2D eigenvalue weighted by Gasteiger charge is 2.18. The number of carbonyl (C=O) groups excluding carboxylic acids is 1. The van der Waals surface area contributed by atoms with Gasteiger partial charge in [-0.05, 0) is 61.0 Å². The number of hydrogen-bond donors (Lipinski definition) is 1. The summed E-state index contributed by atoms with van der Waals surface area (Å²) >= 11 is 12.2. The van der Waals surface area contributed by atoms with Crippen molar-refractivity contribution in [3.63, 3.8) is 0 Å². The topological polar surface area (TPSA) is 69.0 Å². The van der Waals surface area contributed by atoms with Crippen LogP contribution in [0.5, 0.6) is 5.75 Å². The fourth-order valence-electron chi connectivity index (χ4n) is 3.02. The Morgan fingerprint density at radius 2 is 1.73 bits per heavy atom. The van der Waals surface area contributed by atoms with E-state index in [1.165, 1.54) is 36.2 Å². The standard InChI is InChI=1S/C21H15Cl2FN4O2/c1-11-7-18-19(27-28(26-18)14-5-3-13(24)4-6-14)10-17(11)25-21(29)15-8-12(22)9-16(23)20(15)30-2/h3-10H,1-2H3,(H,25,29). The fourth-order valence-corrected chi connectivity index (χ4v) is 3.59. The van der Waals surface area contributed by atoms with Crippen LogP contribution in [0.2, 0.25) is 10.0 Å². The summed E-state index contributed by atoms with van der Waals surface area (Å²) in [6.45, 7) is 1.84. The zero-order valence-corrected chi connectivity index (χ0v) is 17.4. The first-order chi connectivity index (χ1) is 14.4. The molecule has 4 rings (SSSR count). The lowest BCUT2D eigenvalue weighted by Gasteiger charge is -2.12. The molecule has 0 saturated carbocycles.